The molecule has 13 heteroatoms. The smallest absolute Gasteiger partial charge is 0.303 e. The molecule has 9 nitrogen and oxygen atoms in total. The number of carbonyl (C=O) groups excluding carboxylic acids is 5. The molecule has 0 aliphatic carbocycles. The summed E-state index contributed by atoms with van der Waals surface area (Å²) in [6.45, 7) is 5.61. The molecular weight excluding hydrogens is 784 g/mol. The summed E-state index contributed by atoms with van der Waals surface area (Å²) in [6, 6.07) is 1.44. The van der Waals surface area contributed by atoms with E-state index in [4.69, 9.17) is 21.1 Å². The second kappa shape index (κ2) is 13.0. The minimum absolute atomic E-state index is 0.0548. The molecule has 1 atom stereocenters. The SMILES string of the molecule is C=CCN(C)C(=O)c1cc(N(I)C(=O)C(COC(C)=O)OC(C)=O)c(I)c(C(=O)Cl)c1I. The van der Waals surface area contributed by atoms with E-state index in [0.29, 0.717) is 7.14 Å². The Bertz CT molecular complexity index is 971. The minimum atomic E-state index is -1.43. The van der Waals surface area contributed by atoms with Crippen molar-refractivity contribution in [2.45, 2.75) is 20.0 Å². The summed E-state index contributed by atoms with van der Waals surface area (Å²) in [5.74, 6) is -2.57. The molecule has 0 saturated heterocycles. The molecular formula is C19H18ClI3N2O7. The van der Waals surface area contributed by atoms with Gasteiger partial charge in [-0.1, -0.05) is 6.08 Å². The van der Waals surface area contributed by atoms with Gasteiger partial charge in [0.15, 0.2) is 0 Å². The van der Waals surface area contributed by atoms with Crippen molar-refractivity contribution in [1.82, 2.24) is 4.90 Å². The number of rotatable bonds is 9. The van der Waals surface area contributed by atoms with Crippen molar-refractivity contribution < 1.29 is 33.4 Å². The molecule has 0 heterocycles. The van der Waals surface area contributed by atoms with Crippen LogP contribution < -0.4 is 3.11 Å². The van der Waals surface area contributed by atoms with Crippen LogP contribution in [0.1, 0.15) is 34.6 Å². The number of esters is 2. The van der Waals surface area contributed by atoms with Gasteiger partial charge >= 0.3 is 11.9 Å². The predicted molar refractivity (Wildman–Crippen MR) is 143 cm³/mol. The molecule has 0 fully saturated rings. The first kappa shape index (κ1) is 29.0. The van der Waals surface area contributed by atoms with Crippen molar-refractivity contribution in [2.24, 2.45) is 0 Å². The zero-order valence-corrected chi connectivity index (χ0v) is 24.3. The largest absolute Gasteiger partial charge is 0.461 e. The third-order valence-corrected chi connectivity index (χ3v) is 7.18. The lowest BCUT2D eigenvalue weighted by atomic mass is 10.1. The van der Waals surface area contributed by atoms with Crippen molar-refractivity contribution in [2.75, 3.05) is 23.3 Å². The van der Waals surface area contributed by atoms with E-state index in [0.717, 1.165) is 17.0 Å². The van der Waals surface area contributed by atoms with E-state index in [2.05, 4.69) is 6.58 Å². The van der Waals surface area contributed by atoms with Crippen LogP contribution in [0.3, 0.4) is 0 Å². The summed E-state index contributed by atoms with van der Waals surface area (Å²) in [6.07, 6.45) is 0.111. The first-order valence-corrected chi connectivity index (χ1v) is 12.2. The maximum Gasteiger partial charge on any atom is 0.303 e. The molecule has 1 aromatic rings. The Morgan fingerprint density at radius 1 is 1.16 bits per heavy atom. The zero-order chi connectivity index (χ0) is 24.7. The Kier molecular flexibility index (Phi) is 11.8. The second-order valence-corrected chi connectivity index (χ2v) is 9.68. The van der Waals surface area contributed by atoms with Crippen LogP contribution in [-0.2, 0) is 23.9 Å². The summed E-state index contributed by atoms with van der Waals surface area (Å²) < 4.78 is 11.5. The summed E-state index contributed by atoms with van der Waals surface area (Å²) in [7, 11) is 1.56. The van der Waals surface area contributed by atoms with E-state index in [-0.39, 0.29) is 23.4 Å². The van der Waals surface area contributed by atoms with E-state index in [1.807, 2.05) is 45.2 Å². The van der Waals surface area contributed by atoms with Gasteiger partial charge < -0.3 is 14.4 Å². The van der Waals surface area contributed by atoms with Gasteiger partial charge in [0.25, 0.3) is 17.1 Å². The fraction of sp³-hybridized carbons (Fsp3) is 0.316. The third kappa shape index (κ3) is 7.51. The van der Waals surface area contributed by atoms with Crippen molar-refractivity contribution in [3.63, 3.8) is 0 Å². The van der Waals surface area contributed by atoms with Crippen LogP contribution in [0, 0.1) is 7.14 Å². The van der Waals surface area contributed by atoms with E-state index >= 15 is 0 Å². The Labute approximate surface area is 230 Å². The molecule has 0 N–H and O–H groups in total. The molecule has 1 aromatic carbocycles. The van der Waals surface area contributed by atoms with Gasteiger partial charge in [0.1, 0.15) is 6.61 Å². The van der Waals surface area contributed by atoms with Gasteiger partial charge in [-0.15, -0.1) is 6.58 Å². The Morgan fingerprint density at radius 3 is 2.22 bits per heavy atom. The van der Waals surface area contributed by atoms with Gasteiger partial charge in [-0.3, -0.25) is 24.0 Å². The molecule has 32 heavy (non-hydrogen) atoms. The molecule has 174 valence electrons. The number of amides is 2. The van der Waals surface area contributed by atoms with Gasteiger partial charge in [-0.05, 0) is 62.8 Å². The number of nitrogens with zero attached hydrogens (tertiary/aromatic N) is 2. The number of anilines is 1. The lowest BCUT2D eigenvalue weighted by Crippen LogP contribution is -2.40. The number of likely N-dealkylation sites (N-methyl/N-ethyl adjacent to an activating group) is 1. The average Bonchev–Trinajstić information content (AvgIpc) is 2.69. The van der Waals surface area contributed by atoms with Gasteiger partial charge in [0.05, 0.1) is 43.2 Å². The Hall–Kier alpha value is -1.01. The van der Waals surface area contributed by atoms with Gasteiger partial charge in [-0.25, -0.2) is 3.11 Å². The lowest BCUT2D eigenvalue weighted by molar-refractivity contribution is -0.160. The molecule has 2 amide bonds. The summed E-state index contributed by atoms with van der Waals surface area (Å²) >= 11 is 11.1. The van der Waals surface area contributed by atoms with E-state index in [1.54, 1.807) is 36.0 Å². The molecule has 1 unspecified atom stereocenters. The molecule has 0 spiro atoms. The minimum Gasteiger partial charge on any atom is -0.461 e. The predicted octanol–water partition coefficient (Wildman–Crippen LogP) is 3.71. The number of benzene rings is 1. The number of carbonyl (C=O) groups is 5. The maximum absolute atomic E-state index is 13.0. The van der Waals surface area contributed by atoms with Crippen molar-refractivity contribution in [3.8, 4) is 0 Å². The van der Waals surface area contributed by atoms with Gasteiger partial charge in [0.2, 0.25) is 6.10 Å². The quantitative estimate of drug-likeness (QED) is 0.123. The average molecular weight is 803 g/mol. The Morgan fingerprint density at radius 2 is 1.75 bits per heavy atom. The standard InChI is InChI=1S/C19H18ClI3N2O7/c1-5-6-24(4)18(29)11-7-12(16(22)14(15(11)21)17(20)28)25(23)19(30)13(32-10(3)27)8-31-9(2)26/h5,7,13H,1,6,8H2,2-4H3. The van der Waals surface area contributed by atoms with Crippen molar-refractivity contribution in [1.29, 1.82) is 0 Å². The molecule has 0 aliphatic rings. The molecule has 0 radical (unpaired) electrons. The summed E-state index contributed by atoms with van der Waals surface area (Å²) in [5, 5.41) is -0.810. The van der Waals surface area contributed by atoms with E-state index < -0.39 is 41.7 Å². The maximum atomic E-state index is 13.0. The van der Waals surface area contributed by atoms with Crippen LogP contribution in [0.15, 0.2) is 18.7 Å². The fourth-order valence-corrected chi connectivity index (χ4v) is 6.36. The highest BCUT2D eigenvalue weighted by Gasteiger charge is 2.32. The molecule has 1 rings (SSSR count). The number of halogens is 4. The molecule has 0 aromatic heterocycles. The van der Waals surface area contributed by atoms with Crippen LogP contribution >= 0.6 is 79.6 Å². The lowest BCUT2D eigenvalue weighted by Gasteiger charge is -2.25. The van der Waals surface area contributed by atoms with Crippen LogP contribution in [0.5, 0.6) is 0 Å². The van der Waals surface area contributed by atoms with Gasteiger partial charge in [0, 0.05) is 31.0 Å². The summed E-state index contributed by atoms with van der Waals surface area (Å²) in [5.41, 5.74) is 0.378. The topological polar surface area (TPSA) is 110 Å². The fourth-order valence-electron chi connectivity index (χ4n) is 2.37. The van der Waals surface area contributed by atoms with E-state index in [9.17, 15) is 24.0 Å². The van der Waals surface area contributed by atoms with Crippen LogP contribution in [0.4, 0.5) is 5.69 Å². The zero-order valence-electron chi connectivity index (χ0n) is 17.1. The Balaban J connectivity index is 3.56. The number of hydrogen-bond donors (Lipinski definition) is 0. The van der Waals surface area contributed by atoms with Crippen LogP contribution in [0.25, 0.3) is 0 Å². The van der Waals surface area contributed by atoms with Crippen LogP contribution in [-0.4, -0.2) is 60.2 Å². The highest BCUT2D eigenvalue weighted by Crippen LogP contribution is 2.36. The second-order valence-electron chi connectivity index (χ2n) is 6.21. The monoisotopic (exact) mass is 802 g/mol. The molecule has 0 bridgehead atoms. The third-order valence-electron chi connectivity index (χ3n) is 3.78. The number of ether oxygens (including phenoxy) is 2. The highest BCUT2D eigenvalue weighted by atomic mass is 127. The first-order valence-electron chi connectivity index (χ1n) is 8.71. The first-order chi connectivity index (χ1) is 14.8. The van der Waals surface area contributed by atoms with Crippen LogP contribution in [0.2, 0.25) is 0 Å². The molecule has 0 saturated carbocycles. The van der Waals surface area contributed by atoms with E-state index in [1.165, 1.54) is 11.0 Å². The van der Waals surface area contributed by atoms with Crippen molar-refractivity contribution in [3.05, 3.63) is 37.0 Å². The highest BCUT2D eigenvalue weighted by molar-refractivity contribution is 14.1. The normalized spacial score (nSPS) is 11.2. The molecule has 0 aliphatic heterocycles. The summed E-state index contributed by atoms with van der Waals surface area (Å²) in [4.78, 5) is 62.1. The number of hydrogen-bond acceptors (Lipinski definition) is 7. The van der Waals surface area contributed by atoms with Gasteiger partial charge in [-0.2, -0.15) is 0 Å². The van der Waals surface area contributed by atoms with Crippen molar-refractivity contribution >= 4 is 114 Å².